The summed E-state index contributed by atoms with van der Waals surface area (Å²) in [7, 11) is -0.641. The molecule has 0 bridgehead atoms. The first-order chi connectivity index (χ1) is 11.1. The molecular formula is C21H40OS. The lowest BCUT2D eigenvalue weighted by Crippen LogP contribution is -2.40. The second-order valence-electron chi connectivity index (χ2n) is 8.50. The smallest absolute Gasteiger partial charge is 0.0456 e. The molecule has 0 aromatic rings. The molecule has 136 valence electrons. The number of hydrogen-bond donors (Lipinski definition) is 0. The summed E-state index contributed by atoms with van der Waals surface area (Å²) in [5.74, 6) is 2.96. The van der Waals surface area contributed by atoms with Gasteiger partial charge in [-0.05, 0) is 62.7 Å². The Morgan fingerprint density at radius 3 is 2.00 bits per heavy atom. The van der Waals surface area contributed by atoms with Crippen molar-refractivity contribution in [1.82, 2.24) is 0 Å². The maximum absolute atomic E-state index is 12.3. The van der Waals surface area contributed by atoms with Gasteiger partial charge in [0.25, 0.3) is 0 Å². The highest BCUT2D eigenvalue weighted by Gasteiger charge is 2.40. The van der Waals surface area contributed by atoms with Crippen LogP contribution in [0.3, 0.4) is 0 Å². The van der Waals surface area contributed by atoms with Crippen LogP contribution in [0.15, 0.2) is 0 Å². The molecule has 1 unspecified atom stereocenters. The van der Waals surface area contributed by atoms with Gasteiger partial charge in [-0.2, -0.15) is 0 Å². The summed E-state index contributed by atoms with van der Waals surface area (Å²) in [4.78, 5) is 0. The average Bonchev–Trinajstić information content (AvgIpc) is 2.57. The Morgan fingerprint density at radius 1 is 0.870 bits per heavy atom. The summed E-state index contributed by atoms with van der Waals surface area (Å²) in [6, 6.07) is 0. The molecule has 0 spiro atoms. The van der Waals surface area contributed by atoms with Crippen molar-refractivity contribution in [2.75, 3.05) is 6.26 Å². The van der Waals surface area contributed by atoms with Gasteiger partial charge in [-0.3, -0.25) is 4.21 Å². The molecule has 0 radical (unpaired) electrons. The van der Waals surface area contributed by atoms with Crippen molar-refractivity contribution in [3.05, 3.63) is 0 Å². The van der Waals surface area contributed by atoms with Gasteiger partial charge in [0.2, 0.25) is 0 Å². The van der Waals surface area contributed by atoms with Gasteiger partial charge < -0.3 is 0 Å². The zero-order valence-electron chi connectivity index (χ0n) is 15.9. The minimum atomic E-state index is -0.641. The van der Waals surface area contributed by atoms with Crippen LogP contribution in [0, 0.1) is 17.8 Å². The largest absolute Gasteiger partial charge is 0.259 e. The monoisotopic (exact) mass is 340 g/mol. The molecule has 1 atom stereocenters. The number of hydrogen-bond acceptors (Lipinski definition) is 1. The average molecular weight is 341 g/mol. The third-order valence-electron chi connectivity index (χ3n) is 7.03. The molecule has 2 aliphatic carbocycles. The van der Waals surface area contributed by atoms with Crippen LogP contribution >= 0.6 is 0 Å². The van der Waals surface area contributed by atoms with Crippen LogP contribution in [0.2, 0.25) is 0 Å². The Labute approximate surface area is 147 Å². The third-order valence-corrected chi connectivity index (χ3v) is 8.86. The predicted octanol–water partition coefficient (Wildman–Crippen LogP) is 6.48. The first-order valence-electron chi connectivity index (χ1n) is 10.4. The fourth-order valence-electron chi connectivity index (χ4n) is 5.41. The molecule has 2 saturated carbocycles. The van der Waals surface area contributed by atoms with Crippen molar-refractivity contribution in [3.63, 3.8) is 0 Å². The van der Waals surface area contributed by atoms with E-state index in [0.717, 1.165) is 17.8 Å². The van der Waals surface area contributed by atoms with Gasteiger partial charge >= 0.3 is 0 Å². The summed E-state index contributed by atoms with van der Waals surface area (Å²) in [5.41, 5.74) is 0. The molecule has 2 rings (SSSR count). The number of unbranched alkanes of at least 4 members (excludes halogenated alkanes) is 2. The van der Waals surface area contributed by atoms with Crippen LogP contribution in [0.5, 0.6) is 0 Å². The Morgan fingerprint density at radius 2 is 1.48 bits per heavy atom. The van der Waals surface area contributed by atoms with Crippen LogP contribution in [-0.2, 0) is 10.8 Å². The van der Waals surface area contributed by atoms with Crippen molar-refractivity contribution < 1.29 is 4.21 Å². The Bertz CT molecular complexity index is 349. The van der Waals surface area contributed by atoms with E-state index in [2.05, 4.69) is 13.8 Å². The highest BCUT2D eigenvalue weighted by molar-refractivity contribution is 7.85. The lowest BCUT2D eigenvalue weighted by molar-refractivity contribution is 0.147. The zero-order valence-corrected chi connectivity index (χ0v) is 16.8. The van der Waals surface area contributed by atoms with Crippen LogP contribution in [-0.4, -0.2) is 15.2 Å². The second-order valence-corrected chi connectivity index (χ2v) is 10.3. The van der Waals surface area contributed by atoms with Gasteiger partial charge in [-0.25, -0.2) is 0 Å². The van der Waals surface area contributed by atoms with Gasteiger partial charge in [-0.15, -0.1) is 0 Å². The van der Waals surface area contributed by atoms with Crippen molar-refractivity contribution in [2.45, 2.75) is 108 Å². The summed E-state index contributed by atoms with van der Waals surface area (Å²) in [5, 5.41) is 0. The van der Waals surface area contributed by atoms with Crippen LogP contribution in [0.4, 0.5) is 0 Å². The van der Waals surface area contributed by atoms with Gasteiger partial charge in [0, 0.05) is 21.8 Å². The van der Waals surface area contributed by atoms with E-state index in [1.807, 2.05) is 6.26 Å². The molecule has 2 aliphatic rings. The second kappa shape index (κ2) is 9.59. The molecule has 0 aromatic heterocycles. The van der Waals surface area contributed by atoms with E-state index in [1.165, 1.54) is 89.9 Å². The Kier molecular flexibility index (Phi) is 8.12. The molecule has 0 aromatic carbocycles. The molecule has 0 aliphatic heterocycles. The van der Waals surface area contributed by atoms with Gasteiger partial charge in [-0.1, -0.05) is 58.8 Å². The molecule has 0 amide bonds. The summed E-state index contributed by atoms with van der Waals surface area (Å²) in [6.07, 6.45) is 21.1. The van der Waals surface area contributed by atoms with Crippen LogP contribution in [0.25, 0.3) is 0 Å². The van der Waals surface area contributed by atoms with E-state index in [9.17, 15) is 4.21 Å². The summed E-state index contributed by atoms with van der Waals surface area (Å²) < 4.78 is 12.4. The van der Waals surface area contributed by atoms with Crippen LogP contribution < -0.4 is 0 Å². The molecule has 0 saturated heterocycles. The highest BCUT2D eigenvalue weighted by Crippen LogP contribution is 2.46. The normalized spacial score (nSPS) is 36.7. The Hall–Kier alpha value is 0.150. The van der Waals surface area contributed by atoms with Crippen molar-refractivity contribution in [1.29, 1.82) is 0 Å². The van der Waals surface area contributed by atoms with E-state index in [4.69, 9.17) is 0 Å². The fourth-order valence-corrected chi connectivity index (χ4v) is 6.71. The molecular weight excluding hydrogens is 300 g/mol. The van der Waals surface area contributed by atoms with E-state index in [0.29, 0.717) is 0 Å². The third kappa shape index (κ3) is 5.31. The lowest BCUT2D eigenvalue weighted by Gasteiger charge is -2.43. The molecule has 0 N–H and O–H groups in total. The first-order valence-corrected chi connectivity index (χ1v) is 12.0. The fraction of sp³-hybridized carbons (Fsp3) is 1.00. The van der Waals surface area contributed by atoms with E-state index < -0.39 is 10.8 Å². The van der Waals surface area contributed by atoms with E-state index in [-0.39, 0.29) is 4.75 Å². The van der Waals surface area contributed by atoms with Gasteiger partial charge in [0.15, 0.2) is 0 Å². The maximum atomic E-state index is 12.3. The van der Waals surface area contributed by atoms with Crippen molar-refractivity contribution in [2.24, 2.45) is 17.8 Å². The van der Waals surface area contributed by atoms with Crippen LogP contribution in [0.1, 0.15) is 104 Å². The zero-order chi connectivity index (χ0) is 16.7. The lowest BCUT2D eigenvalue weighted by atomic mass is 9.68. The van der Waals surface area contributed by atoms with E-state index >= 15 is 0 Å². The Balaban J connectivity index is 1.75. The first kappa shape index (κ1) is 19.5. The minimum absolute atomic E-state index is 0.169. The quantitative estimate of drug-likeness (QED) is 0.462. The van der Waals surface area contributed by atoms with Crippen molar-refractivity contribution in [3.8, 4) is 0 Å². The van der Waals surface area contributed by atoms with E-state index in [1.54, 1.807) is 0 Å². The summed E-state index contributed by atoms with van der Waals surface area (Å²) >= 11 is 0. The molecule has 1 nitrogen and oxygen atoms in total. The highest BCUT2D eigenvalue weighted by atomic mass is 32.2. The van der Waals surface area contributed by atoms with Gasteiger partial charge in [0.1, 0.15) is 0 Å². The van der Waals surface area contributed by atoms with Gasteiger partial charge in [0.05, 0.1) is 0 Å². The maximum Gasteiger partial charge on any atom is 0.0456 e. The molecule has 2 fully saturated rings. The topological polar surface area (TPSA) is 17.1 Å². The minimum Gasteiger partial charge on any atom is -0.259 e. The predicted molar refractivity (Wildman–Crippen MR) is 103 cm³/mol. The standard InChI is InChI=1S/C21H40OS/c1-4-6-7-8-18-9-11-19(12-10-18)20-13-16-21(15-5-2,17-14-20)23(3)22/h18-20H,4-17H2,1-3H3. The number of rotatable bonds is 8. The van der Waals surface area contributed by atoms with Crippen molar-refractivity contribution >= 4 is 10.8 Å². The molecule has 23 heavy (non-hydrogen) atoms. The SMILES string of the molecule is CCCCCC1CCC(C2CCC(CCC)(S(C)=O)CC2)CC1. The summed E-state index contributed by atoms with van der Waals surface area (Å²) in [6.45, 7) is 4.56. The molecule has 0 heterocycles. The molecule has 2 heteroatoms.